The summed E-state index contributed by atoms with van der Waals surface area (Å²) < 4.78 is 23.0. The molecule has 2 aromatic rings. The monoisotopic (exact) mass is 602 g/mol. The summed E-state index contributed by atoms with van der Waals surface area (Å²) in [7, 11) is 0. The molecule has 184 valence electrons. The Morgan fingerprint density at radius 2 is 1.71 bits per heavy atom. The highest BCUT2D eigenvalue weighted by Gasteiger charge is 2.49. The zero-order valence-corrected chi connectivity index (χ0v) is 22.1. The van der Waals surface area contributed by atoms with Crippen LogP contribution in [0.1, 0.15) is 43.6 Å². The topological polar surface area (TPSA) is 91.3 Å². The van der Waals surface area contributed by atoms with E-state index in [1.807, 2.05) is 37.3 Å². The van der Waals surface area contributed by atoms with Crippen molar-refractivity contribution in [2.24, 2.45) is 0 Å². The predicted molar refractivity (Wildman–Crippen MR) is 135 cm³/mol. The number of aliphatic hydroxyl groups is 1. The van der Waals surface area contributed by atoms with Gasteiger partial charge in [0.1, 0.15) is 18.0 Å². The van der Waals surface area contributed by atoms with Gasteiger partial charge in [-0.15, -0.1) is 0 Å². The van der Waals surface area contributed by atoms with Crippen molar-refractivity contribution in [3.8, 4) is 5.75 Å². The maximum absolute atomic E-state index is 11.9. The summed E-state index contributed by atoms with van der Waals surface area (Å²) in [6.07, 6.45) is -4.03. The number of aliphatic hydroxyl groups excluding tert-OH is 1. The first-order valence-corrected chi connectivity index (χ1v) is 12.9. The van der Waals surface area contributed by atoms with Gasteiger partial charge in [-0.05, 0) is 48.2 Å². The molecule has 1 heterocycles. The Kier molecular flexibility index (Phi) is 9.58. The van der Waals surface area contributed by atoms with Gasteiger partial charge in [-0.2, -0.15) is 0 Å². The van der Waals surface area contributed by atoms with Gasteiger partial charge in [0, 0.05) is 23.3 Å². The van der Waals surface area contributed by atoms with E-state index < -0.39 is 42.5 Å². The van der Waals surface area contributed by atoms with Gasteiger partial charge in [0.25, 0.3) is 0 Å². The molecule has 1 aliphatic rings. The first-order valence-electron chi connectivity index (χ1n) is 11.0. The average Bonchev–Trinajstić information content (AvgIpc) is 2.79. The van der Waals surface area contributed by atoms with E-state index in [0.29, 0.717) is 28.0 Å². The summed E-state index contributed by atoms with van der Waals surface area (Å²) in [5.41, 5.74) is 2.60. The molecule has 7 nitrogen and oxygen atoms in total. The number of alkyl halides is 1. The van der Waals surface area contributed by atoms with Crippen LogP contribution >= 0.6 is 34.2 Å². The van der Waals surface area contributed by atoms with Gasteiger partial charge in [-0.3, -0.25) is 9.59 Å². The van der Waals surface area contributed by atoms with Crippen molar-refractivity contribution in [1.82, 2.24) is 0 Å². The minimum atomic E-state index is -1.14. The van der Waals surface area contributed by atoms with Crippen LogP contribution in [0.4, 0.5) is 0 Å². The van der Waals surface area contributed by atoms with Crippen LogP contribution in [-0.4, -0.2) is 52.5 Å². The molecule has 5 atom stereocenters. The van der Waals surface area contributed by atoms with E-state index in [9.17, 15) is 14.7 Å². The normalized spacial score (nSPS) is 24.4. The number of carbonyl (C=O) groups is 2. The highest BCUT2D eigenvalue weighted by atomic mass is 127. The lowest BCUT2D eigenvalue weighted by Crippen LogP contribution is -2.57. The molecule has 1 saturated heterocycles. The number of hydrogen-bond acceptors (Lipinski definition) is 7. The molecule has 1 N–H and O–H groups in total. The fourth-order valence-corrected chi connectivity index (χ4v) is 4.88. The molecule has 1 aliphatic heterocycles. The van der Waals surface area contributed by atoms with Crippen LogP contribution in [0.5, 0.6) is 5.75 Å². The lowest BCUT2D eigenvalue weighted by atomic mass is 9.90. The van der Waals surface area contributed by atoms with Gasteiger partial charge in [0.15, 0.2) is 12.2 Å². The number of rotatable bonds is 8. The Balaban J connectivity index is 1.94. The molecule has 9 heteroatoms. The number of esters is 2. The molecule has 1 fully saturated rings. The van der Waals surface area contributed by atoms with Crippen LogP contribution in [0, 0.1) is 0 Å². The molecular weight excluding hydrogens is 575 g/mol. The molecule has 0 aliphatic carbocycles. The first-order chi connectivity index (χ1) is 16.2. The Bertz CT molecular complexity index is 997. The zero-order valence-electron chi connectivity index (χ0n) is 19.2. The van der Waals surface area contributed by atoms with E-state index in [4.69, 9.17) is 30.5 Å². The van der Waals surface area contributed by atoms with Gasteiger partial charge in [0.05, 0.1) is 12.7 Å². The fraction of sp³-hybridized carbons (Fsp3) is 0.440. The molecule has 2 aromatic carbocycles. The summed E-state index contributed by atoms with van der Waals surface area (Å²) in [4.78, 5) is 23.6. The van der Waals surface area contributed by atoms with Gasteiger partial charge >= 0.3 is 11.9 Å². The zero-order chi connectivity index (χ0) is 24.8. The van der Waals surface area contributed by atoms with Gasteiger partial charge in [0.2, 0.25) is 0 Å². The van der Waals surface area contributed by atoms with E-state index in [1.165, 1.54) is 13.8 Å². The smallest absolute Gasteiger partial charge is 0.303 e. The molecule has 0 bridgehead atoms. The molecule has 0 aromatic heterocycles. The van der Waals surface area contributed by atoms with E-state index in [2.05, 4.69) is 22.6 Å². The number of hydrogen-bond donors (Lipinski definition) is 1. The lowest BCUT2D eigenvalue weighted by molar-refractivity contribution is -0.237. The Morgan fingerprint density at radius 3 is 2.29 bits per heavy atom. The summed E-state index contributed by atoms with van der Waals surface area (Å²) in [6, 6.07) is 13.2. The number of halogens is 2. The highest BCUT2D eigenvalue weighted by molar-refractivity contribution is 14.1. The Hall–Kier alpha value is -1.88. The Labute approximate surface area is 217 Å². The van der Waals surface area contributed by atoms with Crippen molar-refractivity contribution < 1.29 is 33.6 Å². The fourth-order valence-electron chi connectivity index (χ4n) is 3.97. The van der Waals surface area contributed by atoms with Crippen LogP contribution in [0.15, 0.2) is 42.5 Å². The summed E-state index contributed by atoms with van der Waals surface area (Å²) in [5.74, 6) is -0.355. The predicted octanol–water partition coefficient (Wildman–Crippen LogP) is 4.43. The van der Waals surface area contributed by atoms with Crippen LogP contribution in [0.25, 0.3) is 0 Å². The minimum Gasteiger partial charge on any atom is -0.494 e. The molecule has 5 unspecified atom stereocenters. The van der Waals surface area contributed by atoms with E-state index in [0.717, 1.165) is 16.9 Å². The standard InChI is InChI=1S/C25H28ClIO7/c1-4-31-19-8-5-16(6-9-19)11-18-12-17(7-10-20(18)26)23-25(33-15(3)29)24(32-14(2)28)22(30)21(13-27)34-23/h5-10,12,21-25,30H,4,11,13H2,1-3H3. The quantitative estimate of drug-likeness (QED) is 0.272. The minimum absolute atomic E-state index is 0.451. The maximum atomic E-state index is 11.9. The number of ether oxygens (including phenoxy) is 4. The number of benzene rings is 2. The van der Waals surface area contributed by atoms with E-state index >= 15 is 0 Å². The largest absolute Gasteiger partial charge is 0.494 e. The highest BCUT2D eigenvalue weighted by Crippen LogP contribution is 2.38. The summed E-state index contributed by atoms with van der Waals surface area (Å²) in [5, 5.41) is 11.3. The van der Waals surface area contributed by atoms with Gasteiger partial charge in [-0.1, -0.05) is 58.5 Å². The number of carbonyl (C=O) groups excluding carboxylic acids is 2. The third kappa shape index (κ3) is 6.62. The molecular formula is C25H28ClIO7. The third-order valence-corrected chi connectivity index (χ3v) is 6.68. The molecule has 0 saturated carbocycles. The van der Waals surface area contributed by atoms with E-state index in [-0.39, 0.29) is 0 Å². The van der Waals surface area contributed by atoms with Crippen LogP contribution < -0.4 is 4.74 Å². The van der Waals surface area contributed by atoms with Crippen molar-refractivity contribution >= 4 is 46.1 Å². The SMILES string of the molecule is CCOc1ccc(Cc2cc(C3OC(CI)C(O)C(OC(C)=O)C3OC(C)=O)ccc2Cl)cc1. The second-order valence-electron chi connectivity index (χ2n) is 7.99. The second kappa shape index (κ2) is 12.2. The van der Waals surface area contributed by atoms with Gasteiger partial charge < -0.3 is 24.1 Å². The lowest BCUT2D eigenvalue weighted by Gasteiger charge is -2.43. The Morgan fingerprint density at radius 1 is 1.06 bits per heavy atom. The first kappa shape index (κ1) is 26.7. The van der Waals surface area contributed by atoms with Crippen LogP contribution in [0.3, 0.4) is 0 Å². The van der Waals surface area contributed by atoms with Crippen molar-refractivity contribution in [2.45, 2.75) is 57.7 Å². The molecule has 0 spiro atoms. The average molecular weight is 603 g/mol. The van der Waals surface area contributed by atoms with Crippen LogP contribution in [0.2, 0.25) is 5.02 Å². The molecule has 34 heavy (non-hydrogen) atoms. The molecule has 0 radical (unpaired) electrons. The molecule has 3 rings (SSSR count). The van der Waals surface area contributed by atoms with Gasteiger partial charge in [-0.25, -0.2) is 0 Å². The van der Waals surface area contributed by atoms with Crippen molar-refractivity contribution in [1.29, 1.82) is 0 Å². The summed E-state index contributed by atoms with van der Waals surface area (Å²) in [6.45, 7) is 5.04. The van der Waals surface area contributed by atoms with Crippen molar-refractivity contribution in [3.05, 3.63) is 64.2 Å². The molecule has 0 amide bonds. The van der Waals surface area contributed by atoms with Crippen molar-refractivity contribution in [2.75, 3.05) is 11.0 Å². The van der Waals surface area contributed by atoms with Crippen molar-refractivity contribution in [3.63, 3.8) is 0 Å². The van der Waals surface area contributed by atoms with E-state index in [1.54, 1.807) is 12.1 Å². The van der Waals surface area contributed by atoms with Crippen LogP contribution in [-0.2, 0) is 30.2 Å². The summed E-state index contributed by atoms with van der Waals surface area (Å²) >= 11 is 8.60. The second-order valence-corrected chi connectivity index (χ2v) is 9.28. The third-order valence-electron chi connectivity index (χ3n) is 5.44. The maximum Gasteiger partial charge on any atom is 0.303 e.